The van der Waals surface area contributed by atoms with Gasteiger partial charge in [-0.3, -0.25) is 0 Å². The molecule has 3 N–H and O–H groups in total. The maximum atomic E-state index is 5.99. The van der Waals surface area contributed by atoms with Crippen LogP contribution in [0.5, 0.6) is 5.75 Å². The molecule has 3 nitrogen and oxygen atoms in total. The molecule has 2 atom stereocenters. The normalized spacial score (nSPS) is 32.6. The van der Waals surface area contributed by atoms with Crippen molar-refractivity contribution < 1.29 is 4.74 Å². The van der Waals surface area contributed by atoms with Crippen molar-refractivity contribution in [1.29, 1.82) is 0 Å². The predicted octanol–water partition coefficient (Wildman–Crippen LogP) is 1.09. The molecule has 1 saturated carbocycles. The molecule has 0 radical (unpaired) electrons. The van der Waals surface area contributed by atoms with Crippen molar-refractivity contribution in [2.45, 2.75) is 17.9 Å². The molecule has 0 amide bonds. The summed E-state index contributed by atoms with van der Waals surface area (Å²) in [5, 5.41) is 3.40. The van der Waals surface area contributed by atoms with Gasteiger partial charge in [-0.25, -0.2) is 0 Å². The van der Waals surface area contributed by atoms with E-state index in [0.717, 1.165) is 24.4 Å². The molecule has 1 aromatic rings. The molecule has 2 aliphatic rings. The summed E-state index contributed by atoms with van der Waals surface area (Å²) in [6.45, 7) is 0.962. The maximum absolute atomic E-state index is 5.99. The Kier molecular flexibility index (Phi) is 1.40. The van der Waals surface area contributed by atoms with Gasteiger partial charge in [0.25, 0.3) is 0 Å². The first kappa shape index (κ1) is 8.12. The zero-order valence-corrected chi connectivity index (χ0v) is 8.21. The fourth-order valence-electron chi connectivity index (χ4n) is 2.49. The van der Waals surface area contributed by atoms with Crippen molar-refractivity contribution in [2.24, 2.45) is 5.73 Å². The fourth-order valence-corrected chi connectivity index (χ4v) is 2.49. The van der Waals surface area contributed by atoms with Crippen molar-refractivity contribution in [3.05, 3.63) is 23.8 Å². The molecule has 3 heteroatoms. The van der Waals surface area contributed by atoms with Crippen molar-refractivity contribution in [1.82, 2.24) is 0 Å². The molecular weight excluding hydrogens is 176 g/mol. The van der Waals surface area contributed by atoms with E-state index >= 15 is 0 Å². The summed E-state index contributed by atoms with van der Waals surface area (Å²) in [4.78, 5) is 0. The molecule has 0 bridgehead atoms. The standard InChI is InChI=1S/C11H14N2O/c1-14-8-4-2-3-7-10(8)13-6-11(7)5-9(11)12/h2-4,9,13H,5-6,12H2,1H3. The Labute approximate surface area is 83.2 Å². The van der Waals surface area contributed by atoms with Crippen molar-refractivity contribution in [3.63, 3.8) is 0 Å². The lowest BCUT2D eigenvalue weighted by Crippen LogP contribution is -2.20. The molecular formula is C11H14N2O. The highest BCUT2D eigenvalue weighted by Crippen LogP contribution is 2.55. The fraction of sp³-hybridized carbons (Fsp3) is 0.455. The van der Waals surface area contributed by atoms with Crippen LogP contribution in [0.1, 0.15) is 12.0 Å². The average Bonchev–Trinajstić information content (AvgIpc) is 2.69. The average molecular weight is 190 g/mol. The summed E-state index contributed by atoms with van der Waals surface area (Å²) in [7, 11) is 1.70. The van der Waals surface area contributed by atoms with Crippen LogP contribution in [-0.4, -0.2) is 19.7 Å². The maximum Gasteiger partial charge on any atom is 0.142 e. The molecule has 1 aromatic carbocycles. The van der Waals surface area contributed by atoms with Gasteiger partial charge in [-0.2, -0.15) is 0 Å². The first-order valence-electron chi connectivity index (χ1n) is 4.95. The van der Waals surface area contributed by atoms with E-state index in [1.165, 1.54) is 5.56 Å². The summed E-state index contributed by atoms with van der Waals surface area (Å²) in [6, 6.07) is 6.50. The van der Waals surface area contributed by atoms with Gasteiger partial charge in [0.2, 0.25) is 0 Å². The number of methoxy groups -OCH3 is 1. The lowest BCUT2D eigenvalue weighted by Gasteiger charge is -2.08. The van der Waals surface area contributed by atoms with Crippen molar-refractivity contribution in [2.75, 3.05) is 19.0 Å². The lowest BCUT2D eigenvalue weighted by atomic mass is 9.97. The highest BCUT2D eigenvalue weighted by Gasteiger charge is 2.57. The van der Waals surface area contributed by atoms with Gasteiger partial charge in [-0.15, -0.1) is 0 Å². The Bertz CT molecular complexity index is 391. The second-order valence-corrected chi connectivity index (χ2v) is 4.20. The number of benzene rings is 1. The van der Waals surface area contributed by atoms with E-state index in [2.05, 4.69) is 11.4 Å². The van der Waals surface area contributed by atoms with E-state index < -0.39 is 0 Å². The van der Waals surface area contributed by atoms with Crippen molar-refractivity contribution >= 4 is 5.69 Å². The van der Waals surface area contributed by atoms with E-state index in [1.807, 2.05) is 12.1 Å². The second-order valence-electron chi connectivity index (χ2n) is 4.20. The summed E-state index contributed by atoms with van der Waals surface area (Å²) < 4.78 is 5.31. The van der Waals surface area contributed by atoms with Crippen LogP contribution in [0.25, 0.3) is 0 Å². The Hall–Kier alpha value is -1.22. The molecule has 1 aliphatic carbocycles. The molecule has 14 heavy (non-hydrogen) atoms. The highest BCUT2D eigenvalue weighted by molar-refractivity contribution is 5.71. The van der Waals surface area contributed by atoms with Gasteiger partial charge in [0.15, 0.2) is 0 Å². The van der Waals surface area contributed by atoms with Crippen LogP contribution in [0.15, 0.2) is 18.2 Å². The molecule has 0 saturated heterocycles. The number of anilines is 1. The minimum Gasteiger partial charge on any atom is -0.495 e. The van der Waals surface area contributed by atoms with Crippen LogP contribution in [0.2, 0.25) is 0 Å². The largest absolute Gasteiger partial charge is 0.495 e. The van der Waals surface area contributed by atoms with Crippen LogP contribution in [-0.2, 0) is 5.41 Å². The van der Waals surface area contributed by atoms with E-state index in [-0.39, 0.29) is 5.41 Å². The number of ether oxygens (including phenoxy) is 1. The number of hydrogen-bond acceptors (Lipinski definition) is 3. The Morgan fingerprint density at radius 2 is 2.36 bits per heavy atom. The van der Waals surface area contributed by atoms with Crippen LogP contribution in [0.3, 0.4) is 0 Å². The molecule has 1 fully saturated rings. The van der Waals surface area contributed by atoms with Gasteiger partial charge in [0.1, 0.15) is 5.75 Å². The summed E-state index contributed by atoms with van der Waals surface area (Å²) in [5.74, 6) is 0.929. The minimum absolute atomic E-state index is 0.212. The number of hydrogen-bond donors (Lipinski definition) is 2. The minimum atomic E-state index is 0.212. The number of nitrogens with two attached hydrogens (primary N) is 1. The lowest BCUT2D eigenvalue weighted by molar-refractivity contribution is 0.416. The quantitative estimate of drug-likeness (QED) is 0.697. The molecule has 2 unspecified atom stereocenters. The van der Waals surface area contributed by atoms with Gasteiger partial charge in [0.05, 0.1) is 12.8 Å². The number of rotatable bonds is 1. The van der Waals surface area contributed by atoms with Gasteiger partial charge in [-0.1, -0.05) is 12.1 Å². The van der Waals surface area contributed by atoms with Gasteiger partial charge < -0.3 is 15.8 Å². The topological polar surface area (TPSA) is 47.3 Å². The third kappa shape index (κ3) is 0.805. The Morgan fingerprint density at radius 1 is 1.57 bits per heavy atom. The zero-order valence-electron chi connectivity index (χ0n) is 8.21. The van der Waals surface area contributed by atoms with E-state index in [1.54, 1.807) is 7.11 Å². The van der Waals surface area contributed by atoms with Gasteiger partial charge in [0, 0.05) is 18.0 Å². The van der Waals surface area contributed by atoms with Crippen LogP contribution in [0.4, 0.5) is 5.69 Å². The molecule has 1 heterocycles. The number of nitrogens with one attached hydrogen (secondary N) is 1. The molecule has 1 aliphatic heterocycles. The Morgan fingerprint density at radius 3 is 3.00 bits per heavy atom. The summed E-state index contributed by atoms with van der Waals surface area (Å²) >= 11 is 0. The second kappa shape index (κ2) is 2.42. The van der Waals surface area contributed by atoms with Gasteiger partial charge in [-0.05, 0) is 18.1 Å². The van der Waals surface area contributed by atoms with Crippen molar-refractivity contribution in [3.8, 4) is 5.75 Å². The Balaban J connectivity index is 2.13. The molecule has 3 rings (SSSR count). The van der Waals surface area contributed by atoms with E-state index in [4.69, 9.17) is 10.5 Å². The van der Waals surface area contributed by atoms with Crippen LogP contribution < -0.4 is 15.8 Å². The third-order valence-corrected chi connectivity index (χ3v) is 3.50. The molecule has 0 aromatic heterocycles. The highest BCUT2D eigenvalue weighted by atomic mass is 16.5. The van der Waals surface area contributed by atoms with Crippen LogP contribution in [0, 0.1) is 0 Å². The SMILES string of the molecule is COc1cccc2c1NCC21CC1N. The first-order valence-corrected chi connectivity index (χ1v) is 4.95. The summed E-state index contributed by atoms with van der Waals surface area (Å²) in [5.41, 5.74) is 8.68. The predicted molar refractivity (Wildman–Crippen MR) is 55.8 cm³/mol. The number of para-hydroxylation sites is 1. The van der Waals surface area contributed by atoms with Gasteiger partial charge >= 0.3 is 0 Å². The smallest absolute Gasteiger partial charge is 0.142 e. The third-order valence-electron chi connectivity index (χ3n) is 3.50. The molecule has 74 valence electrons. The molecule has 1 spiro atoms. The van der Waals surface area contributed by atoms with Crippen LogP contribution >= 0.6 is 0 Å². The zero-order chi connectivity index (χ0) is 9.76. The van der Waals surface area contributed by atoms with E-state index in [9.17, 15) is 0 Å². The first-order chi connectivity index (χ1) is 6.78. The van der Waals surface area contributed by atoms with E-state index in [0.29, 0.717) is 6.04 Å². The summed E-state index contributed by atoms with van der Waals surface area (Å²) in [6.07, 6.45) is 1.10. The number of fused-ring (bicyclic) bond motifs is 2. The monoisotopic (exact) mass is 190 g/mol.